The number of aliphatic hydroxyl groups is 1. The van der Waals surface area contributed by atoms with Crippen molar-refractivity contribution in [3.8, 4) is 5.75 Å². The molecule has 4 rings (SSSR count). The summed E-state index contributed by atoms with van der Waals surface area (Å²) in [5.74, 6) is 0.448. The number of likely N-dealkylation sites (tertiary alicyclic amines) is 1. The summed E-state index contributed by atoms with van der Waals surface area (Å²) in [6, 6.07) is 8.15. The minimum absolute atomic E-state index is 0.0658. The predicted octanol–water partition coefficient (Wildman–Crippen LogP) is 3.28. The van der Waals surface area contributed by atoms with E-state index in [-0.39, 0.29) is 17.4 Å². The van der Waals surface area contributed by atoms with Crippen molar-refractivity contribution >= 4 is 17.4 Å². The first kappa shape index (κ1) is 21.2. The highest BCUT2D eigenvalue weighted by atomic mass is 16.5. The molecule has 1 saturated heterocycles. The Morgan fingerprint density at radius 1 is 1.23 bits per heavy atom. The molecule has 2 aromatic rings. The van der Waals surface area contributed by atoms with Crippen molar-refractivity contribution in [2.75, 3.05) is 27.2 Å². The van der Waals surface area contributed by atoms with Gasteiger partial charge in [-0.2, -0.15) is 0 Å². The lowest BCUT2D eigenvalue weighted by molar-refractivity contribution is -0.140. The molecule has 0 radical (unpaired) electrons. The van der Waals surface area contributed by atoms with Crippen LogP contribution in [0.15, 0.2) is 40.3 Å². The molecule has 1 fully saturated rings. The van der Waals surface area contributed by atoms with Gasteiger partial charge in [-0.05, 0) is 76.8 Å². The second kappa shape index (κ2) is 8.23. The van der Waals surface area contributed by atoms with Crippen LogP contribution in [0.5, 0.6) is 5.75 Å². The number of ether oxygens (including phenoxy) is 1. The number of fused-ring (bicyclic) bond motifs is 1. The molecule has 31 heavy (non-hydrogen) atoms. The summed E-state index contributed by atoms with van der Waals surface area (Å²) in [7, 11) is 3.92. The Morgan fingerprint density at radius 3 is 2.68 bits per heavy atom. The van der Waals surface area contributed by atoms with Crippen LogP contribution in [0.4, 0.5) is 0 Å². The van der Waals surface area contributed by atoms with Crippen LogP contribution >= 0.6 is 0 Å². The van der Waals surface area contributed by atoms with Gasteiger partial charge in [0.15, 0.2) is 0 Å². The molecule has 0 unspecified atom stereocenters. The largest absolute Gasteiger partial charge is 0.507 e. The van der Waals surface area contributed by atoms with Crippen molar-refractivity contribution in [3.63, 3.8) is 0 Å². The number of aryl methyl sites for hydroxylation is 1. The first-order valence-electron chi connectivity index (χ1n) is 10.6. The van der Waals surface area contributed by atoms with Gasteiger partial charge < -0.3 is 24.1 Å². The van der Waals surface area contributed by atoms with Crippen LogP contribution in [0.25, 0.3) is 5.76 Å². The second-order valence-electron chi connectivity index (χ2n) is 8.55. The molecule has 2 aliphatic rings. The predicted molar refractivity (Wildman–Crippen MR) is 116 cm³/mol. The van der Waals surface area contributed by atoms with Gasteiger partial charge in [0.1, 0.15) is 35.2 Å². The SMILES string of the molecule is Cc1ccc([C@@H]2/C(=C(\O)c3ccc4c(c3)C[C@H](C)O4)C(=O)C(=O)N2CCCN(C)C)o1. The fraction of sp³-hybridized carbons (Fsp3) is 0.417. The zero-order valence-corrected chi connectivity index (χ0v) is 18.3. The van der Waals surface area contributed by atoms with E-state index in [9.17, 15) is 14.7 Å². The van der Waals surface area contributed by atoms with Gasteiger partial charge in [-0.3, -0.25) is 9.59 Å². The van der Waals surface area contributed by atoms with Crippen LogP contribution in [-0.4, -0.2) is 59.9 Å². The quantitative estimate of drug-likeness (QED) is 0.435. The molecular weight excluding hydrogens is 396 g/mol. The van der Waals surface area contributed by atoms with Crippen LogP contribution in [0.1, 0.15) is 42.0 Å². The molecule has 0 aliphatic carbocycles. The first-order chi connectivity index (χ1) is 14.8. The van der Waals surface area contributed by atoms with Crippen molar-refractivity contribution in [2.45, 2.75) is 38.8 Å². The molecule has 0 bridgehead atoms. The van der Waals surface area contributed by atoms with E-state index in [0.717, 1.165) is 24.3 Å². The number of furan rings is 1. The lowest BCUT2D eigenvalue weighted by atomic mass is 9.97. The second-order valence-corrected chi connectivity index (χ2v) is 8.55. The number of benzene rings is 1. The molecule has 3 heterocycles. The number of ketones is 1. The van der Waals surface area contributed by atoms with E-state index in [1.807, 2.05) is 38.9 Å². The van der Waals surface area contributed by atoms with Crippen LogP contribution in [0, 0.1) is 6.92 Å². The average Bonchev–Trinajstić information content (AvgIpc) is 3.37. The summed E-state index contributed by atoms with van der Waals surface area (Å²) in [4.78, 5) is 29.5. The lowest BCUT2D eigenvalue weighted by Gasteiger charge is -2.24. The maximum absolute atomic E-state index is 13.0. The van der Waals surface area contributed by atoms with Crippen molar-refractivity contribution in [1.29, 1.82) is 0 Å². The number of nitrogens with zero attached hydrogens (tertiary/aromatic N) is 2. The van der Waals surface area contributed by atoms with Crippen molar-refractivity contribution in [1.82, 2.24) is 9.80 Å². The molecule has 2 aliphatic heterocycles. The van der Waals surface area contributed by atoms with E-state index in [0.29, 0.717) is 30.0 Å². The van der Waals surface area contributed by atoms with E-state index in [2.05, 4.69) is 0 Å². The molecule has 2 atom stereocenters. The topological polar surface area (TPSA) is 83.2 Å². The van der Waals surface area contributed by atoms with Gasteiger partial charge in [-0.15, -0.1) is 0 Å². The number of carbonyl (C=O) groups excluding carboxylic acids is 2. The van der Waals surface area contributed by atoms with E-state index in [1.54, 1.807) is 24.3 Å². The lowest BCUT2D eigenvalue weighted by Crippen LogP contribution is -2.32. The third-order valence-electron chi connectivity index (χ3n) is 5.74. The molecule has 7 nitrogen and oxygen atoms in total. The van der Waals surface area contributed by atoms with Crippen molar-refractivity contribution < 1.29 is 23.8 Å². The molecule has 1 amide bonds. The molecule has 164 valence electrons. The maximum Gasteiger partial charge on any atom is 0.295 e. The Morgan fingerprint density at radius 2 is 2.00 bits per heavy atom. The van der Waals surface area contributed by atoms with Gasteiger partial charge in [-0.25, -0.2) is 0 Å². The number of hydrogen-bond donors (Lipinski definition) is 1. The zero-order chi connectivity index (χ0) is 22.3. The highest BCUT2D eigenvalue weighted by molar-refractivity contribution is 6.46. The third kappa shape index (κ3) is 3.97. The fourth-order valence-corrected chi connectivity index (χ4v) is 4.29. The number of carbonyl (C=O) groups is 2. The average molecular weight is 424 g/mol. The molecule has 1 N–H and O–H groups in total. The minimum Gasteiger partial charge on any atom is -0.507 e. The fourth-order valence-electron chi connectivity index (χ4n) is 4.29. The van der Waals surface area contributed by atoms with E-state index in [1.165, 1.54) is 4.90 Å². The first-order valence-corrected chi connectivity index (χ1v) is 10.6. The highest BCUT2D eigenvalue weighted by Gasteiger charge is 2.47. The standard InChI is InChI=1S/C24H28N2O5/c1-14-6-8-19(30-14)21-20(23(28)24(29)26(21)11-5-10-25(3)4)22(27)16-7-9-18-17(13-16)12-15(2)31-18/h6-9,13,15,21,27H,5,10-12H2,1-4H3/b22-20+/t15-,21+/m0/s1. The Hall–Kier alpha value is -3.06. The Bertz CT molecular complexity index is 1050. The Labute approximate surface area is 181 Å². The number of amides is 1. The number of Topliss-reactive ketones (excluding diaryl/α,β-unsaturated/α-hetero) is 1. The number of rotatable bonds is 6. The summed E-state index contributed by atoms with van der Waals surface area (Å²) in [6.07, 6.45) is 1.50. The van der Waals surface area contributed by atoms with Crippen LogP contribution in [-0.2, 0) is 16.0 Å². The van der Waals surface area contributed by atoms with Crippen molar-refractivity contribution in [3.05, 3.63) is 58.6 Å². The maximum atomic E-state index is 13.0. The summed E-state index contributed by atoms with van der Waals surface area (Å²) in [6.45, 7) is 4.96. The van der Waals surface area contributed by atoms with Gasteiger partial charge in [0.05, 0.1) is 5.57 Å². The Kier molecular flexibility index (Phi) is 5.62. The third-order valence-corrected chi connectivity index (χ3v) is 5.74. The van der Waals surface area contributed by atoms with Gasteiger partial charge in [0.25, 0.3) is 11.7 Å². The van der Waals surface area contributed by atoms with Crippen LogP contribution in [0.2, 0.25) is 0 Å². The molecule has 1 aromatic heterocycles. The molecule has 0 spiro atoms. The van der Waals surface area contributed by atoms with Gasteiger partial charge in [0.2, 0.25) is 0 Å². The molecular formula is C24H28N2O5. The monoisotopic (exact) mass is 424 g/mol. The zero-order valence-electron chi connectivity index (χ0n) is 18.3. The molecule has 7 heteroatoms. The minimum atomic E-state index is -0.751. The number of aliphatic hydroxyl groups excluding tert-OH is 1. The van der Waals surface area contributed by atoms with Gasteiger partial charge in [0, 0.05) is 18.5 Å². The molecule has 0 saturated carbocycles. The summed E-state index contributed by atoms with van der Waals surface area (Å²) in [5.41, 5.74) is 1.54. The highest BCUT2D eigenvalue weighted by Crippen LogP contribution is 2.41. The van der Waals surface area contributed by atoms with E-state index >= 15 is 0 Å². The van der Waals surface area contributed by atoms with E-state index < -0.39 is 17.7 Å². The normalized spacial score (nSPS) is 22.3. The van der Waals surface area contributed by atoms with Crippen LogP contribution in [0.3, 0.4) is 0 Å². The summed E-state index contributed by atoms with van der Waals surface area (Å²) < 4.78 is 11.5. The summed E-state index contributed by atoms with van der Waals surface area (Å²) >= 11 is 0. The smallest absolute Gasteiger partial charge is 0.295 e. The van der Waals surface area contributed by atoms with E-state index in [4.69, 9.17) is 9.15 Å². The molecule has 1 aromatic carbocycles. The van der Waals surface area contributed by atoms with Crippen LogP contribution < -0.4 is 4.74 Å². The number of hydrogen-bond acceptors (Lipinski definition) is 6. The Balaban J connectivity index is 1.76. The van der Waals surface area contributed by atoms with Crippen molar-refractivity contribution in [2.24, 2.45) is 0 Å². The van der Waals surface area contributed by atoms with Gasteiger partial charge in [-0.1, -0.05) is 0 Å². The summed E-state index contributed by atoms with van der Waals surface area (Å²) in [5, 5.41) is 11.2. The van der Waals surface area contributed by atoms with Gasteiger partial charge >= 0.3 is 0 Å².